The Kier molecular flexibility index (Phi) is 3.73. The first-order valence-electron chi connectivity index (χ1n) is 4.21. The van der Waals surface area contributed by atoms with Crippen LogP contribution in [0.25, 0.3) is 0 Å². The highest BCUT2D eigenvalue weighted by atomic mass is 16.1. The minimum absolute atomic E-state index is 0.254. The molecular formula is C9H19NO. The van der Waals surface area contributed by atoms with Crippen molar-refractivity contribution in [3.8, 4) is 0 Å². The van der Waals surface area contributed by atoms with Crippen LogP contribution < -0.4 is 0 Å². The van der Waals surface area contributed by atoms with Gasteiger partial charge < -0.3 is 0 Å². The maximum absolute atomic E-state index is 11.3. The van der Waals surface area contributed by atoms with Crippen molar-refractivity contribution in [2.24, 2.45) is 0 Å². The molecule has 2 heteroatoms. The average molecular weight is 157 g/mol. The van der Waals surface area contributed by atoms with Crippen LogP contribution in [-0.2, 0) is 4.79 Å². The molecule has 0 rings (SSSR count). The maximum atomic E-state index is 11.3. The predicted molar refractivity (Wildman–Crippen MR) is 47.7 cm³/mol. The summed E-state index contributed by atoms with van der Waals surface area (Å²) < 4.78 is 0. The van der Waals surface area contributed by atoms with Gasteiger partial charge in [0.1, 0.15) is 5.78 Å². The zero-order chi connectivity index (χ0) is 9.07. The van der Waals surface area contributed by atoms with Crippen LogP contribution in [0.15, 0.2) is 0 Å². The lowest BCUT2D eigenvalue weighted by Gasteiger charge is -2.35. The molecule has 66 valence electrons. The van der Waals surface area contributed by atoms with E-state index in [1.54, 1.807) is 6.92 Å². The lowest BCUT2D eigenvalue weighted by molar-refractivity contribution is -0.127. The van der Waals surface area contributed by atoms with Crippen LogP contribution in [0.3, 0.4) is 0 Å². The molecule has 0 N–H and O–H groups in total. The van der Waals surface area contributed by atoms with Crippen LogP contribution >= 0.6 is 0 Å². The first kappa shape index (κ1) is 10.6. The molecule has 0 saturated carbocycles. The molecule has 0 aliphatic heterocycles. The molecule has 0 heterocycles. The van der Waals surface area contributed by atoms with Gasteiger partial charge in [0.15, 0.2) is 0 Å². The predicted octanol–water partition coefficient (Wildman–Crippen LogP) is 1.70. The topological polar surface area (TPSA) is 20.3 Å². The van der Waals surface area contributed by atoms with E-state index < -0.39 is 0 Å². The van der Waals surface area contributed by atoms with Gasteiger partial charge in [-0.3, -0.25) is 9.69 Å². The fourth-order valence-electron chi connectivity index (χ4n) is 1.14. The van der Waals surface area contributed by atoms with Gasteiger partial charge in [-0.05, 0) is 33.9 Å². The molecule has 0 aliphatic rings. The summed E-state index contributed by atoms with van der Waals surface area (Å²) in [6, 6.07) is 0. The second-order valence-electron chi connectivity index (χ2n) is 3.20. The standard InChI is InChI=1S/C9H19NO/c1-6-9(4,8(3)11)10(5)7-2/h6-7H2,1-5H3/t9-/m0/s1. The fourth-order valence-corrected chi connectivity index (χ4v) is 1.14. The van der Waals surface area contributed by atoms with Crippen molar-refractivity contribution in [3.05, 3.63) is 0 Å². The lowest BCUT2D eigenvalue weighted by atomic mass is 9.92. The highest BCUT2D eigenvalue weighted by molar-refractivity contribution is 5.85. The van der Waals surface area contributed by atoms with E-state index in [9.17, 15) is 4.79 Å². The Bertz CT molecular complexity index is 144. The van der Waals surface area contributed by atoms with Crippen LogP contribution in [0.2, 0.25) is 0 Å². The molecule has 11 heavy (non-hydrogen) atoms. The van der Waals surface area contributed by atoms with E-state index in [1.807, 2.05) is 20.9 Å². The van der Waals surface area contributed by atoms with Gasteiger partial charge in [-0.2, -0.15) is 0 Å². The summed E-state index contributed by atoms with van der Waals surface area (Å²) in [5, 5.41) is 0. The van der Waals surface area contributed by atoms with E-state index in [0.717, 1.165) is 13.0 Å². The van der Waals surface area contributed by atoms with E-state index in [1.165, 1.54) is 0 Å². The van der Waals surface area contributed by atoms with Crippen LogP contribution in [0.5, 0.6) is 0 Å². The quantitative estimate of drug-likeness (QED) is 0.619. The Morgan fingerprint density at radius 3 is 2.00 bits per heavy atom. The number of hydrogen-bond acceptors (Lipinski definition) is 2. The molecule has 2 nitrogen and oxygen atoms in total. The second kappa shape index (κ2) is 3.86. The maximum Gasteiger partial charge on any atom is 0.149 e. The molecule has 0 radical (unpaired) electrons. The highest BCUT2D eigenvalue weighted by Crippen LogP contribution is 2.17. The fraction of sp³-hybridized carbons (Fsp3) is 0.889. The molecule has 0 aliphatic carbocycles. The smallest absolute Gasteiger partial charge is 0.149 e. The Labute approximate surface area is 69.6 Å². The number of rotatable bonds is 4. The van der Waals surface area contributed by atoms with Gasteiger partial charge in [-0.15, -0.1) is 0 Å². The highest BCUT2D eigenvalue weighted by Gasteiger charge is 2.30. The summed E-state index contributed by atoms with van der Waals surface area (Å²) in [7, 11) is 1.99. The summed E-state index contributed by atoms with van der Waals surface area (Å²) in [6.45, 7) is 8.70. The van der Waals surface area contributed by atoms with Crippen molar-refractivity contribution in [2.45, 2.75) is 39.7 Å². The molecule has 0 amide bonds. The van der Waals surface area contributed by atoms with Crippen LogP contribution in [0.4, 0.5) is 0 Å². The molecule has 0 aromatic rings. The van der Waals surface area contributed by atoms with E-state index in [2.05, 4.69) is 11.8 Å². The first-order valence-corrected chi connectivity index (χ1v) is 4.21. The number of ketones is 1. The van der Waals surface area contributed by atoms with Crippen LogP contribution in [0, 0.1) is 0 Å². The number of carbonyl (C=O) groups is 1. The Morgan fingerprint density at radius 2 is 1.91 bits per heavy atom. The zero-order valence-electron chi connectivity index (χ0n) is 8.27. The number of likely N-dealkylation sites (N-methyl/N-ethyl adjacent to an activating group) is 1. The van der Waals surface area contributed by atoms with Crippen LogP contribution in [-0.4, -0.2) is 29.8 Å². The van der Waals surface area contributed by atoms with E-state index in [0.29, 0.717) is 0 Å². The molecular weight excluding hydrogens is 138 g/mol. The third kappa shape index (κ3) is 2.03. The van der Waals surface area contributed by atoms with E-state index in [4.69, 9.17) is 0 Å². The largest absolute Gasteiger partial charge is 0.298 e. The molecule has 0 aromatic heterocycles. The molecule has 0 fully saturated rings. The van der Waals surface area contributed by atoms with Crippen molar-refractivity contribution in [2.75, 3.05) is 13.6 Å². The molecule has 0 spiro atoms. The Balaban J connectivity index is 4.45. The number of nitrogens with zero attached hydrogens (tertiary/aromatic N) is 1. The van der Waals surface area contributed by atoms with Crippen LogP contribution in [0.1, 0.15) is 34.1 Å². The number of hydrogen-bond donors (Lipinski definition) is 0. The molecule has 0 bridgehead atoms. The zero-order valence-corrected chi connectivity index (χ0v) is 8.27. The Morgan fingerprint density at radius 1 is 1.45 bits per heavy atom. The SMILES string of the molecule is CCN(C)[C@@](C)(CC)C(C)=O. The van der Waals surface area contributed by atoms with Gasteiger partial charge in [-0.25, -0.2) is 0 Å². The summed E-state index contributed by atoms with van der Waals surface area (Å²) >= 11 is 0. The minimum atomic E-state index is -0.255. The third-order valence-corrected chi connectivity index (χ3v) is 2.76. The summed E-state index contributed by atoms with van der Waals surface area (Å²) in [4.78, 5) is 13.3. The number of carbonyl (C=O) groups excluding carboxylic acids is 1. The van der Waals surface area contributed by atoms with Gasteiger partial charge >= 0.3 is 0 Å². The second-order valence-corrected chi connectivity index (χ2v) is 3.20. The molecule has 0 aromatic carbocycles. The van der Waals surface area contributed by atoms with Crippen molar-refractivity contribution in [1.29, 1.82) is 0 Å². The van der Waals surface area contributed by atoms with E-state index in [-0.39, 0.29) is 11.3 Å². The van der Waals surface area contributed by atoms with Gasteiger partial charge in [0.2, 0.25) is 0 Å². The molecule has 0 unspecified atom stereocenters. The lowest BCUT2D eigenvalue weighted by Crippen LogP contribution is -2.48. The van der Waals surface area contributed by atoms with Crippen molar-refractivity contribution >= 4 is 5.78 Å². The van der Waals surface area contributed by atoms with Gasteiger partial charge in [0.25, 0.3) is 0 Å². The number of Topliss-reactive ketones (excluding diaryl/α,β-unsaturated/α-hetero) is 1. The van der Waals surface area contributed by atoms with Gasteiger partial charge in [0.05, 0.1) is 5.54 Å². The summed E-state index contributed by atoms with van der Waals surface area (Å²) in [5.74, 6) is 0.254. The summed E-state index contributed by atoms with van der Waals surface area (Å²) in [6.07, 6.45) is 0.882. The van der Waals surface area contributed by atoms with Gasteiger partial charge in [0, 0.05) is 0 Å². The molecule has 0 saturated heterocycles. The van der Waals surface area contributed by atoms with Crippen molar-refractivity contribution in [1.82, 2.24) is 4.90 Å². The third-order valence-electron chi connectivity index (χ3n) is 2.76. The van der Waals surface area contributed by atoms with Crippen molar-refractivity contribution < 1.29 is 4.79 Å². The normalized spacial score (nSPS) is 16.5. The van der Waals surface area contributed by atoms with Gasteiger partial charge in [-0.1, -0.05) is 13.8 Å². The first-order chi connectivity index (χ1) is 4.99. The Hall–Kier alpha value is -0.370. The van der Waals surface area contributed by atoms with Crippen molar-refractivity contribution in [3.63, 3.8) is 0 Å². The van der Waals surface area contributed by atoms with E-state index >= 15 is 0 Å². The average Bonchev–Trinajstić information content (AvgIpc) is 2.01. The summed E-state index contributed by atoms with van der Waals surface area (Å²) in [5.41, 5.74) is -0.255. The molecule has 1 atom stereocenters. The monoisotopic (exact) mass is 157 g/mol. The minimum Gasteiger partial charge on any atom is -0.298 e.